The molecular formula is C17H26N2O2. The van der Waals surface area contributed by atoms with E-state index in [0.717, 1.165) is 25.8 Å². The van der Waals surface area contributed by atoms with Gasteiger partial charge in [-0.15, -0.1) is 0 Å². The van der Waals surface area contributed by atoms with E-state index in [0.29, 0.717) is 25.7 Å². The first kappa shape index (κ1) is 16.0. The van der Waals surface area contributed by atoms with Gasteiger partial charge in [-0.1, -0.05) is 29.8 Å². The first-order valence-electron chi connectivity index (χ1n) is 7.77. The molecule has 2 rings (SSSR count). The van der Waals surface area contributed by atoms with Crippen LogP contribution in [0.1, 0.15) is 36.4 Å². The summed E-state index contributed by atoms with van der Waals surface area (Å²) >= 11 is 0. The molecule has 21 heavy (non-hydrogen) atoms. The number of carbonyl (C=O) groups excluding carboxylic acids is 1. The molecule has 1 aromatic rings. The van der Waals surface area contributed by atoms with Crippen molar-refractivity contribution in [3.8, 4) is 0 Å². The summed E-state index contributed by atoms with van der Waals surface area (Å²) in [6.07, 6.45) is 3.17. The Morgan fingerprint density at radius 3 is 2.86 bits per heavy atom. The van der Waals surface area contributed by atoms with Crippen molar-refractivity contribution in [2.75, 3.05) is 33.4 Å². The molecule has 1 N–H and O–H groups in total. The Bertz CT molecular complexity index is 445. The summed E-state index contributed by atoms with van der Waals surface area (Å²) in [7, 11) is 1.68. The van der Waals surface area contributed by atoms with E-state index in [-0.39, 0.29) is 5.91 Å². The summed E-state index contributed by atoms with van der Waals surface area (Å²) in [5, 5.41) is 2.96. The van der Waals surface area contributed by atoms with Gasteiger partial charge in [-0.2, -0.15) is 0 Å². The maximum atomic E-state index is 12.0. The van der Waals surface area contributed by atoms with Gasteiger partial charge in [0, 0.05) is 26.3 Å². The van der Waals surface area contributed by atoms with Gasteiger partial charge < -0.3 is 10.1 Å². The van der Waals surface area contributed by atoms with Gasteiger partial charge in [0.1, 0.15) is 0 Å². The van der Waals surface area contributed by atoms with Crippen molar-refractivity contribution < 1.29 is 9.53 Å². The Kier molecular flexibility index (Phi) is 6.21. The van der Waals surface area contributed by atoms with Crippen molar-refractivity contribution >= 4 is 5.91 Å². The van der Waals surface area contributed by atoms with Gasteiger partial charge in [-0.25, -0.2) is 0 Å². The maximum absolute atomic E-state index is 12.0. The third kappa shape index (κ3) is 4.83. The molecule has 1 fully saturated rings. The fourth-order valence-electron chi connectivity index (χ4n) is 2.87. The standard InChI is InChI=1S/C17H26N2O2/c1-14-6-8-15(9-7-14)16-5-3-11-19(16)13-17(20)18-10-4-12-21-2/h6-9,16H,3-5,10-13H2,1-2H3,(H,18,20). The van der Waals surface area contributed by atoms with Gasteiger partial charge in [0.15, 0.2) is 0 Å². The van der Waals surface area contributed by atoms with E-state index in [1.54, 1.807) is 7.11 Å². The topological polar surface area (TPSA) is 41.6 Å². The predicted molar refractivity (Wildman–Crippen MR) is 84.2 cm³/mol. The van der Waals surface area contributed by atoms with E-state index < -0.39 is 0 Å². The maximum Gasteiger partial charge on any atom is 0.234 e. The molecule has 0 bridgehead atoms. The van der Waals surface area contributed by atoms with Crippen molar-refractivity contribution in [3.63, 3.8) is 0 Å². The highest BCUT2D eigenvalue weighted by molar-refractivity contribution is 5.78. The van der Waals surface area contributed by atoms with Gasteiger partial charge in [0.25, 0.3) is 0 Å². The van der Waals surface area contributed by atoms with Crippen molar-refractivity contribution in [1.29, 1.82) is 0 Å². The third-order valence-corrected chi connectivity index (χ3v) is 4.02. The number of rotatable bonds is 7. The molecule has 116 valence electrons. The van der Waals surface area contributed by atoms with Crippen LogP contribution >= 0.6 is 0 Å². The molecule has 1 aliphatic rings. The average molecular weight is 290 g/mol. The smallest absolute Gasteiger partial charge is 0.234 e. The second-order valence-corrected chi connectivity index (χ2v) is 5.74. The van der Waals surface area contributed by atoms with Crippen LogP contribution in [-0.2, 0) is 9.53 Å². The van der Waals surface area contributed by atoms with Crippen LogP contribution in [-0.4, -0.2) is 44.2 Å². The molecule has 0 saturated carbocycles. The minimum Gasteiger partial charge on any atom is -0.385 e. The van der Waals surface area contributed by atoms with Crippen LogP contribution < -0.4 is 5.32 Å². The molecular weight excluding hydrogens is 264 g/mol. The number of benzene rings is 1. The number of methoxy groups -OCH3 is 1. The van der Waals surface area contributed by atoms with Gasteiger partial charge in [-0.05, 0) is 38.3 Å². The van der Waals surface area contributed by atoms with Crippen molar-refractivity contribution in [2.45, 2.75) is 32.2 Å². The predicted octanol–water partition coefficient (Wildman–Crippen LogP) is 2.28. The van der Waals surface area contributed by atoms with E-state index in [1.807, 2.05) is 0 Å². The number of hydrogen-bond acceptors (Lipinski definition) is 3. The molecule has 0 spiro atoms. The lowest BCUT2D eigenvalue weighted by Gasteiger charge is -2.24. The van der Waals surface area contributed by atoms with Gasteiger partial charge in [0.2, 0.25) is 5.91 Å². The van der Waals surface area contributed by atoms with E-state index in [4.69, 9.17) is 4.74 Å². The summed E-state index contributed by atoms with van der Waals surface area (Å²) in [4.78, 5) is 14.3. The zero-order valence-electron chi connectivity index (χ0n) is 13.1. The molecule has 1 amide bonds. The Labute approximate surface area is 127 Å². The quantitative estimate of drug-likeness (QED) is 0.783. The summed E-state index contributed by atoms with van der Waals surface area (Å²) < 4.78 is 4.98. The van der Waals surface area contributed by atoms with Crippen LogP contribution in [0.2, 0.25) is 0 Å². The van der Waals surface area contributed by atoms with Crippen LogP contribution in [0, 0.1) is 6.92 Å². The van der Waals surface area contributed by atoms with E-state index in [1.165, 1.54) is 11.1 Å². The number of hydrogen-bond donors (Lipinski definition) is 1. The molecule has 0 aliphatic carbocycles. The number of carbonyl (C=O) groups is 1. The molecule has 1 aliphatic heterocycles. The van der Waals surface area contributed by atoms with Crippen LogP contribution in [0.25, 0.3) is 0 Å². The zero-order chi connectivity index (χ0) is 15.1. The molecule has 1 aromatic carbocycles. The molecule has 1 heterocycles. The lowest BCUT2D eigenvalue weighted by Crippen LogP contribution is -2.37. The highest BCUT2D eigenvalue weighted by Crippen LogP contribution is 2.31. The Morgan fingerprint density at radius 2 is 2.14 bits per heavy atom. The average Bonchev–Trinajstić information content (AvgIpc) is 2.92. The minimum absolute atomic E-state index is 0.116. The number of likely N-dealkylation sites (tertiary alicyclic amines) is 1. The molecule has 4 heteroatoms. The Hall–Kier alpha value is -1.39. The largest absolute Gasteiger partial charge is 0.385 e. The molecule has 0 radical (unpaired) electrons. The highest BCUT2D eigenvalue weighted by Gasteiger charge is 2.27. The molecule has 4 nitrogen and oxygen atoms in total. The summed E-state index contributed by atoms with van der Waals surface area (Å²) in [6.45, 7) is 4.98. The van der Waals surface area contributed by atoms with E-state index >= 15 is 0 Å². The van der Waals surface area contributed by atoms with Gasteiger partial charge in [0.05, 0.1) is 6.54 Å². The first-order chi connectivity index (χ1) is 10.2. The lowest BCUT2D eigenvalue weighted by molar-refractivity contribution is -0.122. The number of aryl methyl sites for hydroxylation is 1. The Morgan fingerprint density at radius 1 is 1.38 bits per heavy atom. The monoisotopic (exact) mass is 290 g/mol. The Balaban J connectivity index is 1.84. The van der Waals surface area contributed by atoms with Crippen LogP contribution in [0.3, 0.4) is 0 Å². The number of ether oxygens (including phenoxy) is 1. The van der Waals surface area contributed by atoms with E-state index in [9.17, 15) is 4.79 Å². The van der Waals surface area contributed by atoms with Crippen molar-refractivity contribution in [1.82, 2.24) is 10.2 Å². The highest BCUT2D eigenvalue weighted by atomic mass is 16.5. The zero-order valence-corrected chi connectivity index (χ0v) is 13.1. The van der Waals surface area contributed by atoms with Crippen LogP contribution in [0.5, 0.6) is 0 Å². The molecule has 1 atom stereocenters. The normalized spacial score (nSPS) is 18.9. The second-order valence-electron chi connectivity index (χ2n) is 5.74. The fraction of sp³-hybridized carbons (Fsp3) is 0.588. The summed E-state index contributed by atoms with van der Waals surface area (Å²) in [5.41, 5.74) is 2.60. The third-order valence-electron chi connectivity index (χ3n) is 4.02. The molecule has 1 saturated heterocycles. The lowest BCUT2D eigenvalue weighted by atomic mass is 10.0. The summed E-state index contributed by atoms with van der Waals surface area (Å²) in [6, 6.07) is 9.06. The SMILES string of the molecule is COCCCNC(=O)CN1CCCC1c1ccc(C)cc1. The van der Waals surface area contributed by atoms with E-state index in [2.05, 4.69) is 41.4 Å². The van der Waals surface area contributed by atoms with Gasteiger partial charge in [-0.3, -0.25) is 9.69 Å². The number of nitrogens with one attached hydrogen (secondary N) is 1. The van der Waals surface area contributed by atoms with Crippen LogP contribution in [0.15, 0.2) is 24.3 Å². The van der Waals surface area contributed by atoms with Crippen molar-refractivity contribution in [3.05, 3.63) is 35.4 Å². The summed E-state index contributed by atoms with van der Waals surface area (Å²) in [5.74, 6) is 0.116. The minimum atomic E-state index is 0.116. The van der Waals surface area contributed by atoms with Gasteiger partial charge >= 0.3 is 0 Å². The second kappa shape index (κ2) is 8.15. The van der Waals surface area contributed by atoms with Crippen molar-refractivity contribution in [2.24, 2.45) is 0 Å². The first-order valence-corrected chi connectivity index (χ1v) is 7.77. The number of amides is 1. The fourth-order valence-corrected chi connectivity index (χ4v) is 2.87. The van der Waals surface area contributed by atoms with Crippen LogP contribution in [0.4, 0.5) is 0 Å². The molecule has 0 aromatic heterocycles. The number of nitrogens with zero attached hydrogens (tertiary/aromatic N) is 1. The molecule has 1 unspecified atom stereocenters.